The average Bonchev–Trinajstić information content (AvgIpc) is 3.33. The number of sulfonamides is 1. The average molecular weight is 661 g/mol. The Labute approximate surface area is 268 Å². The van der Waals surface area contributed by atoms with Gasteiger partial charge in [0.05, 0.1) is 16.3 Å². The maximum absolute atomic E-state index is 14.9. The smallest absolute Gasteiger partial charge is 0.355 e. The lowest BCUT2D eigenvalue weighted by Crippen LogP contribution is -2.14. The largest absolute Gasteiger partial charge is 0.476 e. The highest BCUT2D eigenvalue weighted by atomic mass is 32.2. The molecule has 45 heavy (non-hydrogen) atoms. The molecule has 230 valence electrons. The SMILES string of the molecule is CC(C)c1ccc(C#Cc2cccc(-c3nn(-c4nc(C(=O)O)cs4)c(CC4CC4)c3Cc3ccc(S(N)(=O)=O)c(F)c3)c2)s1. The van der Waals surface area contributed by atoms with E-state index in [4.69, 9.17) is 10.2 Å². The molecule has 1 aliphatic rings. The Bertz CT molecular complexity index is 2100. The molecule has 1 fully saturated rings. The van der Waals surface area contributed by atoms with Gasteiger partial charge >= 0.3 is 5.97 Å². The third-order valence-electron chi connectivity index (χ3n) is 7.51. The highest BCUT2D eigenvalue weighted by molar-refractivity contribution is 7.89. The number of halogens is 1. The van der Waals surface area contributed by atoms with Crippen LogP contribution in [0.3, 0.4) is 0 Å². The summed E-state index contributed by atoms with van der Waals surface area (Å²) in [5.41, 5.74) is 4.36. The van der Waals surface area contributed by atoms with Crippen LogP contribution in [0.15, 0.2) is 64.9 Å². The first-order chi connectivity index (χ1) is 21.5. The Morgan fingerprint density at radius 2 is 1.96 bits per heavy atom. The maximum Gasteiger partial charge on any atom is 0.355 e. The molecule has 0 amide bonds. The van der Waals surface area contributed by atoms with Crippen LogP contribution >= 0.6 is 22.7 Å². The van der Waals surface area contributed by atoms with Gasteiger partial charge < -0.3 is 5.11 Å². The highest BCUT2D eigenvalue weighted by Crippen LogP contribution is 2.38. The predicted octanol–water partition coefficient (Wildman–Crippen LogP) is 6.61. The van der Waals surface area contributed by atoms with E-state index in [-0.39, 0.29) is 12.1 Å². The van der Waals surface area contributed by atoms with Crippen molar-refractivity contribution in [2.45, 2.75) is 50.3 Å². The quantitative estimate of drug-likeness (QED) is 0.171. The Morgan fingerprint density at radius 3 is 2.60 bits per heavy atom. The summed E-state index contributed by atoms with van der Waals surface area (Å²) in [5, 5.41) is 21.6. The van der Waals surface area contributed by atoms with E-state index in [1.54, 1.807) is 22.1 Å². The fraction of sp³-hybridized carbons (Fsp3) is 0.242. The number of carbonyl (C=O) groups is 1. The number of nitrogens with two attached hydrogens (primary N) is 1. The van der Waals surface area contributed by atoms with Crippen LogP contribution in [0.1, 0.15) is 75.2 Å². The number of thiazole rings is 1. The van der Waals surface area contributed by atoms with Crippen molar-refractivity contribution >= 4 is 38.7 Å². The van der Waals surface area contributed by atoms with E-state index in [2.05, 4.69) is 36.7 Å². The fourth-order valence-electron chi connectivity index (χ4n) is 5.02. The van der Waals surface area contributed by atoms with Gasteiger partial charge in [0.25, 0.3) is 0 Å². The van der Waals surface area contributed by atoms with E-state index in [1.807, 2.05) is 30.3 Å². The third kappa shape index (κ3) is 6.92. The number of aromatic nitrogens is 3. The van der Waals surface area contributed by atoms with Crippen molar-refractivity contribution < 1.29 is 22.7 Å². The normalized spacial score (nSPS) is 13.2. The summed E-state index contributed by atoms with van der Waals surface area (Å²) in [4.78, 5) is 17.6. The lowest BCUT2D eigenvalue weighted by molar-refractivity contribution is 0.0691. The molecule has 1 aliphatic carbocycles. The molecule has 0 saturated heterocycles. The number of aromatic carboxylic acids is 1. The van der Waals surface area contributed by atoms with Crippen molar-refractivity contribution in [2.24, 2.45) is 11.1 Å². The Hall–Kier alpha value is -4.15. The molecule has 0 unspecified atom stereocenters. The Kier molecular flexibility index (Phi) is 8.45. The fourth-order valence-corrected chi connectivity index (χ4v) is 7.25. The Balaban J connectivity index is 1.47. The third-order valence-corrected chi connectivity index (χ3v) is 10.6. The number of carboxylic acids is 1. The van der Waals surface area contributed by atoms with Gasteiger partial charge in [-0.2, -0.15) is 5.10 Å². The van der Waals surface area contributed by atoms with E-state index in [1.165, 1.54) is 33.7 Å². The minimum atomic E-state index is -4.22. The van der Waals surface area contributed by atoms with Crippen LogP contribution in [-0.4, -0.2) is 34.3 Å². The standard InChI is InChI=1S/C33H29FN4O4S3/c1-19(2)29-12-11-24(44-29)10-8-20-4-3-5-23(14-20)31-25(15-22-9-13-30(26(34)16-22)45(35,41)42)28(17-21-6-7-21)38(37-31)33-36-27(18-43-33)32(39)40/h3-5,9,11-14,16,18-19,21H,6-7,15,17H2,1-2H3,(H,39,40)(H2,35,41,42). The van der Waals surface area contributed by atoms with Gasteiger partial charge in [0, 0.05) is 33.4 Å². The minimum absolute atomic E-state index is 0.0712. The summed E-state index contributed by atoms with van der Waals surface area (Å²) in [7, 11) is -4.22. The van der Waals surface area contributed by atoms with Gasteiger partial charge in [-0.1, -0.05) is 43.9 Å². The number of nitrogens with zero attached hydrogens (tertiary/aromatic N) is 3. The van der Waals surface area contributed by atoms with Gasteiger partial charge in [-0.15, -0.1) is 22.7 Å². The molecule has 5 aromatic rings. The monoisotopic (exact) mass is 660 g/mol. The van der Waals surface area contributed by atoms with Crippen molar-refractivity contribution in [3.05, 3.63) is 104 Å². The number of hydrogen-bond donors (Lipinski definition) is 2. The molecule has 0 atom stereocenters. The molecule has 6 rings (SSSR count). The second-order valence-electron chi connectivity index (χ2n) is 11.3. The molecule has 1 saturated carbocycles. The van der Waals surface area contributed by atoms with Crippen LogP contribution in [-0.2, 0) is 22.9 Å². The molecular weight excluding hydrogens is 632 g/mol. The lowest BCUT2D eigenvalue weighted by Gasteiger charge is -2.10. The molecule has 0 aliphatic heterocycles. The van der Waals surface area contributed by atoms with Crippen LogP contribution in [0.4, 0.5) is 4.39 Å². The molecule has 3 N–H and O–H groups in total. The molecule has 0 radical (unpaired) electrons. The van der Waals surface area contributed by atoms with Crippen LogP contribution in [0.5, 0.6) is 0 Å². The summed E-state index contributed by atoms with van der Waals surface area (Å²) in [6.45, 7) is 4.30. The number of hydrogen-bond acceptors (Lipinski definition) is 7. The lowest BCUT2D eigenvalue weighted by atomic mass is 9.96. The van der Waals surface area contributed by atoms with Gasteiger partial charge in [0.1, 0.15) is 10.7 Å². The zero-order chi connectivity index (χ0) is 31.9. The van der Waals surface area contributed by atoms with E-state index in [9.17, 15) is 22.7 Å². The first-order valence-electron chi connectivity index (χ1n) is 14.3. The van der Waals surface area contributed by atoms with Crippen molar-refractivity contribution in [3.8, 4) is 28.2 Å². The number of rotatable bonds is 9. The summed E-state index contributed by atoms with van der Waals surface area (Å²) < 4.78 is 40.3. The van der Waals surface area contributed by atoms with Gasteiger partial charge in [-0.3, -0.25) is 0 Å². The van der Waals surface area contributed by atoms with Crippen molar-refractivity contribution in [1.29, 1.82) is 0 Å². The van der Waals surface area contributed by atoms with Crippen molar-refractivity contribution in [2.75, 3.05) is 0 Å². The highest BCUT2D eigenvalue weighted by Gasteiger charge is 2.29. The first kappa shape index (κ1) is 30.9. The van der Waals surface area contributed by atoms with Crippen molar-refractivity contribution in [1.82, 2.24) is 14.8 Å². The van der Waals surface area contributed by atoms with Crippen LogP contribution in [0, 0.1) is 23.6 Å². The topological polar surface area (TPSA) is 128 Å². The van der Waals surface area contributed by atoms with Gasteiger partial charge in [-0.05, 0) is 73.1 Å². The Morgan fingerprint density at radius 1 is 1.16 bits per heavy atom. The second-order valence-corrected chi connectivity index (χ2v) is 14.8. The van der Waals surface area contributed by atoms with Crippen molar-refractivity contribution in [3.63, 3.8) is 0 Å². The maximum atomic E-state index is 14.9. The molecule has 12 heteroatoms. The molecule has 3 heterocycles. The van der Waals surface area contributed by atoms with E-state index in [0.29, 0.717) is 34.6 Å². The summed E-state index contributed by atoms with van der Waals surface area (Å²) >= 11 is 2.86. The molecule has 2 aromatic carbocycles. The number of thiophene rings is 1. The molecule has 3 aromatic heterocycles. The zero-order valence-corrected chi connectivity index (χ0v) is 26.9. The van der Waals surface area contributed by atoms with Gasteiger partial charge in [0.2, 0.25) is 15.2 Å². The number of carboxylic acid groups (broad SMARTS) is 1. The van der Waals surface area contributed by atoms with Crippen LogP contribution in [0.25, 0.3) is 16.4 Å². The predicted molar refractivity (Wildman–Crippen MR) is 173 cm³/mol. The van der Waals surface area contributed by atoms with Gasteiger partial charge in [-0.25, -0.2) is 32.4 Å². The molecular formula is C33H29FN4O4S3. The first-order valence-corrected chi connectivity index (χ1v) is 17.5. The minimum Gasteiger partial charge on any atom is -0.476 e. The van der Waals surface area contributed by atoms with Gasteiger partial charge in [0.15, 0.2) is 5.69 Å². The molecule has 0 spiro atoms. The number of benzene rings is 2. The van der Waals surface area contributed by atoms with E-state index >= 15 is 0 Å². The summed E-state index contributed by atoms with van der Waals surface area (Å²) in [6, 6.07) is 15.8. The zero-order valence-electron chi connectivity index (χ0n) is 24.5. The van der Waals surface area contributed by atoms with E-state index in [0.717, 1.165) is 40.1 Å². The van der Waals surface area contributed by atoms with Crippen LogP contribution in [0.2, 0.25) is 0 Å². The molecule has 0 bridgehead atoms. The number of primary sulfonamides is 1. The molecule has 8 nitrogen and oxygen atoms in total. The summed E-state index contributed by atoms with van der Waals surface area (Å²) in [5.74, 6) is 5.34. The van der Waals surface area contributed by atoms with Crippen LogP contribution < -0.4 is 5.14 Å². The van der Waals surface area contributed by atoms with E-state index < -0.39 is 26.7 Å². The second kappa shape index (κ2) is 12.3. The summed E-state index contributed by atoms with van der Waals surface area (Å²) in [6.07, 6.45) is 3.04.